The molecule has 2 amide bonds. The standard InChI is InChI=1S/C22H26N2O3/c1-4-24(17-8-6-7-15(3)13-17)22(26)20-14-19(20)21(25)23-16-9-11-18(12-10-16)27-5-2/h6-13,19-20H,4-5,14H2,1-3H3,(H,23,25). The molecule has 142 valence electrons. The van der Waals surface area contributed by atoms with Crippen molar-refractivity contribution in [2.45, 2.75) is 27.2 Å². The molecule has 27 heavy (non-hydrogen) atoms. The second-order valence-corrected chi connectivity index (χ2v) is 6.82. The number of hydrogen-bond donors (Lipinski definition) is 1. The highest BCUT2D eigenvalue weighted by atomic mass is 16.5. The highest BCUT2D eigenvalue weighted by molar-refractivity contribution is 6.04. The number of amides is 2. The monoisotopic (exact) mass is 366 g/mol. The van der Waals surface area contributed by atoms with Gasteiger partial charge in [0, 0.05) is 17.9 Å². The first kappa shape index (κ1) is 19.0. The molecule has 0 saturated heterocycles. The Kier molecular flexibility index (Phi) is 5.79. The van der Waals surface area contributed by atoms with E-state index in [1.807, 2.05) is 69.3 Å². The van der Waals surface area contributed by atoms with E-state index in [9.17, 15) is 9.59 Å². The molecular weight excluding hydrogens is 340 g/mol. The van der Waals surface area contributed by atoms with Crippen molar-refractivity contribution in [1.29, 1.82) is 0 Å². The van der Waals surface area contributed by atoms with Gasteiger partial charge in [-0.25, -0.2) is 0 Å². The molecule has 2 aromatic rings. The number of ether oxygens (including phenoxy) is 1. The summed E-state index contributed by atoms with van der Waals surface area (Å²) in [5, 5.41) is 2.90. The molecular formula is C22H26N2O3. The highest BCUT2D eigenvalue weighted by Crippen LogP contribution is 2.41. The second-order valence-electron chi connectivity index (χ2n) is 6.82. The predicted octanol–water partition coefficient (Wildman–Crippen LogP) is 4.02. The van der Waals surface area contributed by atoms with Gasteiger partial charge in [0.15, 0.2) is 0 Å². The van der Waals surface area contributed by atoms with Crippen molar-refractivity contribution >= 4 is 23.2 Å². The molecule has 1 N–H and O–H groups in total. The Balaban J connectivity index is 1.60. The lowest BCUT2D eigenvalue weighted by atomic mass is 10.2. The molecule has 1 aliphatic rings. The topological polar surface area (TPSA) is 58.6 Å². The molecule has 2 atom stereocenters. The summed E-state index contributed by atoms with van der Waals surface area (Å²) in [5.41, 5.74) is 2.71. The van der Waals surface area contributed by atoms with Gasteiger partial charge in [-0.15, -0.1) is 0 Å². The van der Waals surface area contributed by atoms with Crippen LogP contribution in [0.4, 0.5) is 11.4 Å². The van der Waals surface area contributed by atoms with Crippen LogP contribution in [0.5, 0.6) is 5.75 Å². The van der Waals surface area contributed by atoms with Crippen LogP contribution >= 0.6 is 0 Å². The third kappa shape index (κ3) is 4.48. The smallest absolute Gasteiger partial charge is 0.230 e. The maximum Gasteiger partial charge on any atom is 0.230 e. The van der Waals surface area contributed by atoms with Crippen LogP contribution in [0.2, 0.25) is 0 Å². The fourth-order valence-corrected chi connectivity index (χ4v) is 3.26. The van der Waals surface area contributed by atoms with E-state index < -0.39 is 0 Å². The van der Waals surface area contributed by atoms with E-state index in [1.54, 1.807) is 4.90 Å². The molecule has 0 heterocycles. The lowest BCUT2D eigenvalue weighted by Gasteiger charge is -2.21. The number of carbonyl (C=O) groups is 2. The zero-order valence-electron chi connectivity index (χ0n) is 16.1. The lowest BCUT2D eigenvalue weighted by molar-refractivity contribution is -0.123. The largest absolute Gasteiger partial charge is 0.494 e. The normalized spacial score (nSPS) is 17.9. The van der Waals surface area contributed by atoms with Gasteiger partial charge in [0.25, 0.3) is 0 Å². The zero-order valence-corrected chi connectivity index (χ0v) is 16.1. The van der Waals surface area contributed by atoms with Crippen molar-refractivity contribution in [3.05, 3.63) is 54.1 Å². The molecule has 0 spiro atoms. The number of nitrogens with one attached hydrogen (secondary N) is 1. The minimum absolute atomic E-state index is 0.0231. The second kappa shape index (κ2) is 8.25. The number of carbonyl (C=O) groups excluding carboxylic acids is 2. The van der Waals surface area contributed by atoms with Crippen LogP contribution in [0.15, 0.2) is 48.5 Å². The molecule has 1 saturated carbocycles. The van der Waals surface area contributed by atoms with Crippen LogP contribution in [-0.2, 0) is 9.59 Å². The number of anilines is 2. The summed E-state index contributed by atoms with van der Waals surface area (Å²) in [6.07, 6.45) is 0.601. The fraction of sp³-hybridized carbons (Fsp3) is 0.364. The zero-order chi connectivity index (χ0) is 19.4. The van der Waals surface area contributed by atoms with E-state index in [2.05, 4.69) is 5.32 Å². The van der Waals surface area contributed by atoms with Gasteiger partial charge in [0.2, 0.25) is 11.8 Å². The van der Waals surface area contributed by atoms with Crippen molar-refractivity contribution in [3.8, 4) is 5.75 Å². The number of rotatable bonds is 7. The Morgan fingerprint density at radius 1 is 1.11 bits per heavy atom. The summed E-state index contributed by atoms with van der Waals surface area (Å²) in [6, 6.07) is 15.2. The number of benzene rings is 2. The minimum Gasteiger partial charge on any atom is -0.494 e. The van der Waals surface area contributed by atoms with Gasteiger partial charge in [-0.1, -0.05) is 12.1 Å². The molecule has 5 heteroatoms. The van der Waals surface area contributed by atoms with E-state index >= 15 is 0 Å². The molecule has 2 unspecified atom stereocenters. The summed E-state index contributed by atoms with van der Waals surface area (Å²) in [6.45, 7) is 7.08. The first-order chi connectivity index (χ1) is 13.0. The van der Waals surface area contributed by atoms with E-state index in [-0.39, 0.29) is 23.7 Å². The maximum absolute atomic E-state index is 12.9. The van der Waals surface area contributed by atoms with Gasteiger partial charge < -0.3 is 15.0 Å². The number of hydrogen-bond acceptors (Lipinski definition) is 3. The van der Waals surface area contributed by atoms with Crippen molar-refractivity contribution in [3.63, 3.8) is 0 Å². The molecule has 3 rings (SSSR count). The summed E-state index contributed by atoms with van der Waals surface area (Å²) in [7, 11) is 0. The lowest BCUT2D eigenvalue weighted by Crippen LogP contribution is -2.33. The van der Waals surface area contributed by atoms with Crippen LogP contribution in [0.3, 0.4) is 0 Å². The molecule has 0 bridgehead atoms. The van der Waals surface area contributed by atoms with E-state index in [1.165, 1.54) is 0 Å². The van der Waals surface area contributed by atoms with Gasteiger partial charge in [-0.3, -0.25) is 9.59 Å². The van der Waals surface area contributed by atoms with Gasteiger partial charge in [-0.05, 0) is 69.2 Å². The first-order valence-electron chi connectivity index (χ1n) is 9.45. The predicted molar refractivity (Wildman–Crippen MR) is 107 cm³/mol. The highest BCUT2D eigenvalue weighted by Gasteiger charge is 2.49. The molecule has 1 fully saturated rings. The first-order valence-corrected chi connectivity index (χ1v) is 9.45. The van der Waals surface area contributed by atoms with Gasteiger partial charge in [0.1, 0.15) is 5.75 Å². The maximum atomic E-state index is 12.9. The minimum atomic E-state index is -0.261. The molecule has 1 aliphatic carbocycles. The molecule has 0 aromatic heterocycles. The van der Waals surface area contributed by atoms with E-state index in [4.69, 9.17) is 4.74 Å². The van der Waals surface area contributed by atoms with Crippen molar-refractivity contribution < 1.29 is 14.3 Å². The van der Waals surface area contributed by atoms with Crippen LogP contribution in [-0.4, -0.2) is 25.0 Å². The number of aryl methyl sites for hydroxylation is 1. The Morgan fingerprint density at radius 3 is 2.48 bits per heavy atom. The Bertz CT molecular complexity index is 817. The van der Waals surface area contributed by atoms with Crippen molar-refractivity contribution in [2.75, 3.05) is 23.4 Å². The fourth-order valence-electron chi connectivity index (χ4n) is 3.26. The summed E-state index contributed by atoms with van der Waals surface area (Å²) in [5.74, 6) is 0.190. The number of nitrogens with zero attached hydrogens (tertiary/aromatic N) is 1. The quantitative estimate of drug-likeness (QED) is 0.805. The average molecular weight is 366 g/mol. The van der Waals surface area contributed by atoms with Gasteiger partial charge >= 0.3 is 0 Å². The molecule has 2 aromatic carbocycles. The van der Waals surface area contributed by atoms with Crippen molar-refractivity contribution in [1.82, 2.24) is 0 Å². The van der Waals surface area contributed by atoms with Gasteiger partial charge in [-0.2, -0.15) is 0 Å². The molecule has 5 nitrogen and oxygen atoms in total. The molecule has 0 radical (unpaired) electrons. The molecule has 0 aliphatic heterocycles. The van der Waals surface area contributed by atoms with Crippen LogP contribution in [0.25, 0.3) is 0 Å². The Hall–Kier alpha value is -2.82. The van der Waals surface area contributed by atoms with E-state index in [0.29, 0.717) is 25.3 Å². The average Bonchev–Trinajstić information content (AvgIpc) is 3.45. The third-order valence-electron chi connectivity index (χ3n) is 4.77. The van der Waals surface area contributed by atoms with Crippen LogP contribution in [0.1, 0.15) is 25.8 Å². The SMILES string of the molecule is CCOc1ccc(NC(=O)C2CC2C(=O)N(CC)c2cccc(C)c2)cc1. The van der Waals surface area contributed by atoms with Crippen molar-refractivity contribution in [2.24, 2.45) is 11.8 Å². The summed E-state index contributed by atoms with van der Waals surface area (Å²) < 4.78 is 5.40. The summed E-state index contributed by atoms with van der Waals surface area (Å²) >= 11 is 0. The Labute approximate surface area is 160 Å². The summed E-state index contributed by atoms with van der Waals surface area (Å²) in [4.78, 5) is 27.1. The third-order valence-corrected chi connectivity index (χ3v) is 4.77. The van der Waals surface area contributed by atoms with Crippen LogP contribution in [0, 0.1) is 18.8 Å². The van der Waals surface area contributed by atoms with Gasteiger partial charge in [0.05, 0.1) is 18.4 Å². The Morgan fingerprint density at radius 2 is 1.85 bits per heavy atom. The van der Waals surface area contributed by atoms with Crippen LogP contribution < -0.4 is 15.0 Å². The van der Waals surface area contributed by atoms with E-state index in [0.717, 1.165) is 17.0 Å².